The third-order valence-corrected chi connectivity index (χ3v) is 3.52. The minimum absolute atomic E-state index is 0.430. The summed E-state index contributed by atoms with van der Waals surface area (Å²) in [6, 6.07) is 7.98. The van der Waals surface area contributed by atoms with E-state index in [-0.39, 0.29) is 0 Å². The fourth-order valence-electron chi connectivity index (χ4n) is 2.22. The van der Waals surface area contributed by atoms with Gasteiger partial charge in [0.1, 0.15) is 5.15 Å². The number of rotatable bonds is 2. The van der Waals surface area contributed by atoms with Crippen LogP contribution in [0.4, 0.5) is 0 Å². The molecule has 5 heteroatoms. The second-order valence-electron chi connectivity index (χ2n) is 5.12. The van der Waals surface area contributed by atoms with Crippen LogP contribution in [0.25, 0.3) is 22.6 Å². The predicted octanol–water partition coefficient (Wildman–Crippen LogP) is 3.81. The van der Waals surface area contributed by atoms with E-state index in [0.29, 0.717) is 11.0 Å². The zero-order chi connectivity index (χ0) is 15.0. The molecule has 3 aromatic rings. The van der Waals surface area contributed by atoms with Crippen LogP contribution in [-0.2, 0) is 7.05 Å². The third-order valence-electron chi connectivity index (χ3n) is 3.33. The Morgan fingerprint density at radius 3 is 2.62 bits per heavy atom. The Bertz CT molecular complexity index is 808. The molecule has 0 atom stereocenters. The van der Waals surface area contributed by atoms with Gasteiger partial charge in [-0.15, -0.1) is 0 Å². The van der Waals surface area contributed by atoms with Gasteiger partial charge in [-0.1, -0.05) is 29.3 Å². The summed E-state index contributed by atoms with van der Waals surface area (Å²) in [4.78, 5) is 9.01. The predicted molar refractivity (Wildman–Crippen MR) is 84.2 cm³/mol. The third kappa shape index (κ3) is 2.81. The number of benzene rings is 1. The van der Waals surface area contributed by atoms with E-state index in [9.17, 15) is 0 Å². The van der Waals surface area contributed by atoms with Crippen LogP contribution in [0.15, 0.2) is 36.7 Å². The molecule has 0 N–H and O–H groups in total. The van der Waals surface area contributed by atoms with Gasteiger partial charge in [-0.25, -0.2) is 9.97 Å². The molecule has 2 heterocycles. The first-order valence-corrected chi connectivity index (χ1v) is 7.02. The van der Waals surface area contributed by atoms with E-state index in [0.717, 1.165) is 22.4 Å². The van der Waals surface area contributed by atoms with Gasteiger partial charge in [-0.3, -0.25) is 4.68 Å². The van der Waals surface area contributed by atoms with E-state index >= 15 is 0 Å². The molecule has 3 rings (SSSR count). The maximum absolute atomic E-state index is 6.17. The van der Waals surface area contributed by atoms with Crippen molar-refractivity contribution in [3.05, 3.63) is 52.9 Å². The summed E-state index contributed by atoms with van der Waals surface area (Å²) in [5.41, 5.74) is 5.00. The molecule has 106 valence electrons. The van der Waals surface area contributed by atoms with Gasteiger partial charge in [0.15, 0.2) is 5.82 Å². The molecule has 0 saturated heterocycles. The molecule has 0 saturated carbocycles. The number of nitrogens with zero attached hydrogens (tertiary/aromatic N) is 4. The highest BCUT2D eigenvalue weighted by Gasteiger charge is 2.11. The molecular formula is C16H15ClN4. The van der Waals surface area contributed by atoms with Gasteiger partial charge in [0, 0.05) is 30.4 Å². The molecule has 0 aliphatic carbocycles. The van der Waals surface area contributed by atoms with Crippen molar-refractivity contribution in [2.24, 2.45) is 7.05 Å². The number of hydrogen-bond donors (Lipinski definition) is 0. The summed E-state index contributed by atoms with van der Waals surface area (Å²) in [6.07, 6.45) is 3.68. The highest BCUT2D eigenvalue weighted by Crippen LogP contribution is 2.26. The maximum Gasteiger partial charge on any atom is 0.161 e. The summed E-state index contributed by atoms with van der Waals surface area (Å²) < 4.78 is 1.74. The topological polar surface area (TPSA) is 43.6 Å². The molecule has 0 radical (unpaired) electrons. The zero-order valence-corrected chi connectivity index (χ0v) is 12.9. The summed E-state index contributed by atoms with van der Waals surface area (Å²) in [6.45, 7) is 4.10. The summed E-state index contributed by atoms with van der Waals surface area (Å²) in [5.74, 6) is 0.641. The van der Waals surface area contributed by atoms with Crippen molar-refractivity contribution in [2.45, 2.75) is 13.8 Å². The van der Waals surface area contributed by atoms with Crippen LogP contribution in [0.2, 0.25) is 5.15 Å². The van der Waals surface area contributed by atoms with Crippen LogP contribution in [0.5, 0.6) is 0 Å². The molecule has 2 aromatic heterocycles. The van der Waals surface area contributed by atoms with E-state index in [4.69, 9.17) is 11.6 Å². The minimum Gasteiger partial charge on any atom is -0.275 e. The Morgan fingerprint density at radius 2 is 1.90 bits per heavy atom. The molecule has 0 aliphatic rings. The van der Waals surface area contributed by atoms with Crippen molar-refractivity contribution in [2.75, 3.05) is 0 Å². The van der Waals surface area contributed by atoms with E-state index in [1.807, 2.05) is 20.2 Å². The van der Waals surface area contributed by atoms with E-state index < -0.39 is 0 Å². The van der Waals surface area contributed by atoms with Crippen molar-refractivity contribution in [3.63, 3.8) is 0 Å². The molecule has 1 aromatic carbocycles. The summed E-state index contributed by atoms with van der Waals surface area (Å²) >= 11 is 6.17. The lowest BCUT2D eigenvalue weighted by molar-refractivity contribution is 0.768. The van der Waals surface area contributed by atoms with Gasteiger partial charge in [0.25, 0.3) is 0 Å². The van der Waals surface area contributed by atoms with Crippen LogP contribution in [-0.4, -0.2) is 19.7 Å². The van der Waals surface area contributed by atoms with Crippen molar-refractivity contribution < 1.29 is 0 Å². The van der Waals surface area contributed by atoms with Crippen molar-refractivity contribution >= 4 is 11.6 Å². The molecular weight excluding hydrogens is 284 g/mol. The lowest BCUT2D eigenvalue weighted by atomic mass is 10.0. The average Bonchev–Trinajstić information content (AvgIpc) is 2.87. The summed E-state index contributed by atoms with van der Waals surface area (Å²) in [7, 11) is 1.87. The van der Waals surface area contributed by atoms with Gasteiger partial charge in [-0.2, -0.15) is 5.10 Å². The van der Waals surface area contributed by atoms with Gasteiger partial charge in [0.05, 0.1) is 11.9 Å². The van der Waals surface area contributed by atoms with Crippen LogP contribution in [0.1, 0.15) is 11.1 Å². The molecule has 0 bridgehead atoms. The monoisotopic (exact) mass is 298 g/mol. The molecule has 21 heavy (non-hydrogen) atoms. The van der Waals surface area contributed by atoms with E-state index in [1.54, 1.807) is 16.9 Å². The molecule has 0 aliphatic heterocycles. The number of halogens is 1. The molecule has 0 unspecified atom stereocenters. The van der Waals surface area contributed by atoms with Crippen LogP contribution >= 0.6 is 11.6 Å². The number of aromatic nitrogens is 4. The fourth-order valence-corrected chi connectivity index (χ4v) is 2.40. The van der Waals surface area contributed by atoms with Gasteiger partial charge < -0.3 is 0 Å². The second-order valence-corrected chi connectivity index (χ2v) is 5.51. The SMILES string of the molecule is Cc1ccc(C)c(-c2nc(Cl)cc(-c3cnn(C)c3)n2)c1. The highest BCUT2D eigenvalue weighted by molar-refractivity contribution is 6.29. The Balaban J connectivity index is 2.16. The molecule has 4 nitrogen and oxygen atoms in total. The fraction of sp³-hybridized carbons (Fsp3) is 0.188. The number of hydrogen-bond acceptors (Lipinski definition) is 3. The molecule has 0 amide bonds. The Labute approximate surface area is 128 Å². The normalized spacial score (nSPS) is 10.9. The summed E-state index contributed by atoms with van der Waals surface area (Å²) in [5, 5.41) is 4.60. The second kappa shape index (κ2) is 5.30. The largest absolute Gasteiger partial charge is 0.275 e. The van der Waals surface area contributed by atoms with E-state index in [2.05, 4.69) is 40.2 Å². The van der Waals surface area contributed by atoms with Gasteiger partial charge in [-0.05, 0) is 25.5 Å². The van der Waals surface area contributed by atoms with Gasteiger partial charge in [0.2, 0.25) is 0 Å². The number of aryl methyl sites for hydroxylation is 3. The van der Waals surface area contributed by atoms with Gasteiger partial charge >= 0.3 is 0 Å². The smallest absolute Gasteiger partial charge is 0.161 e. The zero-order valence-electron chi connectivity index (χ0n) is 12.1. The van der Waals surface area contributed by atoms with Crippen LogP contribution in [0, 0.1) is 13.8 Å². The highest BCUT2D eigenvalue weighted by atomic mass is 35.5. The average molecular weight is 299 g/mol. The minimum atomic E-state index is 0.430. The Kier molecular flexibility index (Phi) is 3.47. The quantitative estimate of drug-likeness (QED) is 0.676. The molecule has 0 spiro atoms. The maximum atomic E-state index is 6.17. The van der Waals surface area contributed by atoms with E-state index in [1.165, 1.54) is 5.56 Å². The Hall–Kier alpha value is -2.20. The van der Waals surface area contributed by atoms with Crippen LogP contribution < -0.4 is 0 Å². The van der Waals surface area contributed by atoms with Crippen molar-refractivity contribution in [1.82, 2.24) is 19.7 Å². The molecule has 0 fully saturated rings. The van der Waals surface area contributed by atoms with Crippen LogP contribution in [0.3, 0.4) is 0 Å². The Morgan fingerprint density at radius 1 is 1.10 bits per heavy atom. The lowest BCUT2D eigenvalue weighted by Crippen LogP contribution is -1.95. The van der Waals surface area contributed by atoms with Crippen molar-refractivity contribution in [3.8, 4) is 22.6 Å². The lowest BCUT2D eigenvalue weighted by Gasteiger charge is -2.08. The first-order valence-electron chi connectivity index (χ1n) is 6.64. The first-order chi connectivity index (χ1) is 10.0. The van der Waals surface area contributed by atoms with Crippen molar-refractivity contribution in [1.29, 1.82) is 0 Å². The standard InChI is InChI=1S/C16H15ClN4/c1-10-4-5-11(2)13(6-10)16-19-14(7-15(17)20-16)12-8-18-21(3)9-12/h4-9H,1-3H3. The first kappa shape index (κ1) is 13.8.